The van der Waals surface area contributed by atoms with Gasteiger partial charge in [0.15, 0.2) is 6.54 Å². The van der Waals surface area contributed by atoms with Crippen molar-refractivity contribution < 1.29 is 4.74 Å². The molecule has 0 spiro atoms. The van der Waals surface area contributed by atoms with E-state index in [0.717, 1.165) is 63.7 Å². The molecular formula is C24H31N4OS+. The lowest BCUT2D eigenvalue weighted by molar-refractivity contribution is 0.122. The van der Waals surface area contributed by atoms with E-state index >= 15 is 0 Å². The number of aromatic nitrogens is 1. The summed E-state index contributed by atoms with van der Waals surface area (Å²) in [5.74, 6) is 0.439. The van der Waals surface area contributed by atoms with Gasteiger partial charge in [-0.3, -0.25) is 0 Å². The Morgan fingerprint density at radius 3 is 2.80 bits per heavy atom. The molecule has 2 saturated heterocycles. The SMILES string of the molecule is CC(C)c1cc(N2CCOCC2)cc2sc3cc(=[N+]4CCCNCC4)ccc-3nc12. The van der Waals surface area contributed by atoms with Crippen molar-refractivity contribution in [3.05, 3.63) is 41.3 Å². The van der Waals surface area contributed by atoms with Crippen molar-refractivity contribution in [3.63, 3.8) is 0 Å². The van der Waals surface area contributed by atoms with E-state index in [9.17, 15) is 0 Å². The molecule has 2 fully saturated rings. The molecule has 0 unspecified atom stereocenters. The quantitative estimate of drug-likeness (QED) is 0.508. The van der Waals surface area contributed by atoms with Gasteiger partial charge >= 0.3 is 0 Å². The van der Waals surface area contributed by atoms with Gasteiger partial charge in [0.2, 0.25) is 5.36 Å². The minimum Gasteiger partial charge on any atom is -0.378 e. The molecule has 0 atom stereocenters. The van der Waals surface area contributed by atoms with Gasteiger partial charge in [-0.2, -0.15) is 0 Å². The minimum atomic E-state index is 0.439. The van der Waals surface area contributed by atoms with Crippen LogP contribution in [0.15, 0.2) is 30.3 Å². The van der Waals surface area contributed by atoms with Crippen LogP contribution in [0.2, 0.25) is 0 Å². The summed E-state index contributed by atoms with van der Waals surface area (Å²) in [6, 6.07) is 11.5. The highest BCUT2D eigenvalue weighted by Crippen LogP contribution is 2.36. The zero-order valence-electron chi connectivity index (χ0n) is 18.0. The lowest BCUT2D eigenvalue weighted by Crippen LogP contribution is -2.36. The van der Waals surface area contributed by atoms with Crippen molar-refractivity contribution in [1.29, 1.82) is 0 Å². The number of hydrogen-bond acceptors (Lipinski definition) is 5. The Morgan fingerprint density at radius 2 is 1.97 bits per heavy atom. The Bertz CT molecular complexity index is 1070. The van der Waals surface area contributed by atoms with Gasteiger partial charge in [0.1, 0.15) is 6.54 Å². The van der Waals surface area contributed by atoms with E-state index < -0.39 is 0 Å². The van der Waals surface area contributed by atoms with Crippen LogP contribution < -0.4 is 20.1 Å². The number of morpholine rings is 1. The van der Waals surface area contributed by atoms with Crippen LogP contribution in [0.4, 0.5) is 5.69 Å². The normalized spacial score (nSPS) is 20.2. The van der Waals surface area contributed by atoms with Gasteiger partial charge < -0.3 is 15.0 Å². The summed E-state index contributed by atoms with van der Waals surface area (Å²) >= 11 is 1.88. The second-order valence-corrected chi connectivity index (χ2v) is 9.68. The fourth-order valence-corrected chi connectivity index (χ4v) is 5.55. The molecule has 6 heteroatoms. The van der Waals surface area contributed by atoms with Crippen molar-refractivity contribution in [2.24, 2.45) is 0 Å². The number of fused-ring (bicyclic) bond motifs is 2. The maximum Gasteiger partial charge on any atom is 0.201 e. The van der Waals surface area contributed by atoms with E-state index in [1.54, 1.807) is 0 Å². The molecule has 1 aromatic rings. The first-order chi connectivity index (χ1) is 14.7. The first-order valence-electron chi connectivity index (χ1n) is 11.2. The third-order valence-electron chi connectivity index (χ3n) is 6.19. The largest absolute Gasteiger partial charge is 0.378 e. The minimum absolute atomic E-state index is 0.439. The number of hydrogen-bond donors (Lipinski definition) is 1. The van der Waals surface area contributed by atoms with E-state index in [2.05, 4.69) is 59.0 Å². The van der Waals surface area contributed by atoms with E-state index in [1.807, 2.05) is 11.3 Å². The van der Waals surface area contributed by atoms with Gasteiger partial charge in [0, 0.05) is 43.9 Å². The molecule has 30 heavy (non-hydrogen) atoms. The van der Waals surface area contributed by atoms with Crippen molar-refractivity contribution >= 4 is 27.2 Å². The lowest BCUT2D eigenvalue weighted by Gasteiger charge is -2.30. The van der Waals surface area contributed by atoms with Crippen molar-refractivity contribution in [2.45, 2.75) is 26.2 Å². The Labute approximate surface area is 182 Å². The van der Waals surface area contributed by atoms with E-state index in [-0.39, 0.29) is 0 Å². The van der Waals surface area contributed by atoms with Gasteiger partial charge in [0.05, 0.1) is 40.5 Å². The third kappa shape index (κ3) is 3.96. The highest BCUT2D eigenvalue weighted by atomic mass is 32.1. The fraction of sp³-hybridized carbons (Fsp3) is 0.500. The maximum atomic E-state index is 5.56. The number of anilines is 1. The molecule has 1 N–H and O–H groups in total. The number of nitrogens with one attached hydrogen (secondary N) is 1. The summed E-state index contributed by atoms with van der Waals surface area (Å²) in [6.45, 7) is 12.4. The summed E-state index contributed by atoms with van der Waals surface area (Å²) in [4.78, 5) is 8.85. The van der Waals surface area contributed by atoms with Gasteiger partial charge in [-0.25, -0.2) is 9.56 Å². The van der Waals surface area contributed by atoms with Gasteiger partial charge in [-0.15, -0.1) is 11.3 Å². The zero-order valence-corrected chi connectivity index (χ0v) is 18.8. The molecule has 1 aliphatic carbocycles. The topological polar surface area (TPSA) is 40.4 Å². The van der Waals surface area contributed by atoms with Crippen molar-refractivity contribution in [3.8, 4) is 10.6 Å². The first-order valence-corrected chi connectivity index (χ1v) is 12.0. The van der Waals surface area contributed by atoms with Crippen LogP contribution in [0.1, 0.15) is 31.7 Å². The summed E-state index contributed by atoms with van der Waals surface area (Å²) in [5.41, 5.74) is 4.91. The molecule has 0 bridgehead atoms. The number of rotatable bonds is 2. The Morgan fingerprint density at radius 1 is 1.10 bits per heavy atom. The molecule has 1 aromatic carbocycles. The summed E-state index contributed by atoms with van der Waals surface area (Å²) in [6.07, 6.45) is 1.19. The van der Waals surface area contributed by atoms with Crippen LogP contribution in [0.25, 0.3) is 20.8 Å². The smallest absolute Gasteiger partial charge is 0.201 e. The van der Waals surface area contributed by atoms with Crippen LogP contribution in [0, 0.1) is 0 Å². The van der Waals surface area contributed by atoms with Crippen LogP contribution in [0.5, 0.6) is 0 Å². The van der Waals surface area contributed by atoms with Crippen LogP contribution in [-0.2, 0) is 4.74 Å². The molecule has 3 aliphatic heterocycles. The Balaban J connectivity index is 1.66. The maximum absolute atomic E-state index is 5.56. The average molecular weight is 424 g/mol. The highest BCUT2D eigenvalue weighted by Gasteiger charge is 2.19. The van der Waals surface area contributed by atoms with Crippen molar-refractivity contribution in [2.75, 3.05) is 57.4 Å². The van der Waals surface area contributed by atoms with Gasteiger partial charge in [-0.1, -0.05) is 13.8 Å². The number of ether oxygens (including phenoxy) is 1. The molecule has 5 nitrogen and oxygen atoms in total. The fourth-order valence-electron chi connectivity index (χ4n) is 4.47. The molecule has 158 valence electrons. The molecule has 4 aliphatic rings. The van der Waals surface area contributed by atoms with Gasteiger partial charge in [-0.05, 0) is 29.7 Å². The Kier molecular flexibility index (Phi) is 5.72. The number of benzene rings is 2. The highest BCUT2D eigenvalue weighted by molar-refractivity contribution is 7.21. The zero-order chi connectivity index (χ0) is 20.5. The van der Waals surface area contributed by atoms with E-state index in [4.69, 9.17) is 9.72 Å². The molecule has 0 amide bonds. The molecular weight excluding hydrogens is 392 g/mol. The predicted molar refractivity (Wildman–Crippen MR) is 126 cm³/mol. The first kappa shape index (κ1) is 19.9. The molecule has 5 rings (SSSR count). The standard InChI is InChI=1S/C24H31N4OS/c1-17(2)20-14-19(28-10-12-29-13-11-28)16-23-24(20)26-21-5-4-18(15-22(21)30-23)27-8-3-6-25-7-9-27/h4-5,14-17,25H,3,6-13H2,1-2H3/q+1. The average Bonchev–Trinajstić information content (AvgIpc) is 3.06. The van der Waals surface area contributed by atoms with E-state index in [1.165, 1.54) is 32.6 Å². The summed E-state index contributed by atoms with van der Waals surface area (Å²) < 4.78 is 9.35. The summed E-state index contributed by atoms with van der Waals surface area (Å²) in [5, 5.41) is 4.81. The summed E-state index contributed by atoms with van der Waals surface area (Å²) in [7, 11) is 0. The van der Waals surface area contributed by atoms with Crippen LogP contribution in [-0.4, -0.2) is 57.5 Å². The monoisotopic (exact) mass is 423 g/mol. The van der Waals surface area contributed by atoms with E-state index in [0.29, 0.717) is 5.92 Å². The van der Waals surface area contributed by atoms with Crippen LogP contribution in [0.3, 0.4) is 0 Å². The number of nitrogens with zero attached hydrogens (tertiary/aromatic N) is 3. The van der Waals surface area contributed by atoms with Crippen molar-refractivity contribution in [1.82, 2.24) is 14.9 Å². The van der Waals surface area contributed by atoms with Gasteiger partial charge in [0.25, 0.3) is 0 Å². The second kappa shape index (κ2) is 8.61. The molecule has 0 radical (unpaired) electrons. The predicted octanol–water partition coefficient (Wildman–Crippen LogP) is 3.13. The molecule has 0 aromatic heterocycles. The lowest BCUT2D eigenvalue weighted by atomic mass is 10.0. The third-order valence-corrected chi connectivity index (χ3v) is 7.27. The molecule has 0 saturated carbocycles. The van der Waals surface area contributed by atoms with Crippen LogP contribution >= 0.6 is 11.3 Å². The molecule has 3 heterocycles. The second-order valence-electron chi connectivity index (χ2n) is 8.59. The Hall–Kier alpha value is -2.02.